The molecule has 2 aliphatic heterocycles. The molecule has 178 valence electrons. The fraction of sp³-hybridized carbons (Fsp3) is 0.320. The van der Waals surface area contributed by atoms with Crippen LogP contribution in [0.1, 0.15) is 40.1 Å². The van der Waals surface area contributed by atoms with Crippen LogP contribution in [-0.4, -0.2) is 34.2 Å². The summed E-state index contributed by atoms with van der Waals surface area (Å²) in [6.45, 7) is 4.14. The van der Waals surface area contributed by atoms with Crippen LogP contribution < -0.4 is 15.6 Å². The molecule has 3 aromatic rings. The summed E-state index contributed by atoms with van der Waals surface area (Å²) in [6, 6.07) is 9.85. The molecule has 2 aliphatic rings. The van der Waals surface area contributed by atoms with E-state index in [4.69, 9.17) is 9.15 Å². The normalized spacial score (nSPS) is 24.0. The predicted octanol–water partition coefficient (Wildman–Crippen LogP) is 4.00. The zero-order valence-electron chi connectivity index (χ0n) is 19.0. The third-order valence-electron chi connectivity index (χ3n) is 6.74. The number of hydrazine groups is 1. The first kappa shape index (κ1) is 22.8. The minimum Gasteiger partial charge on any atom is -0.507 e. The van der Waals surface area contributed by atoms with Gasteiger partial charge in [-0.1, -0.05) is 17.7 Å². The van der Waals surface area contributed by atoms with E-state index < -0.39 is 6.04 Å². The Morgan fingerprint density at radius 3 is 2.59 bits per heavy atom. The number of phenolic OH excluding ortho intramolecular Hbond substituents is 2. The van der Waals surface area contributed by atoms with Gasteiger partial charge in [-0.05, 0) is 65.2 Å². The molecule has 8 nitrogen and oxygen atoms in total. The van der Waals surface area contributed by atoms with E-state index >= 15 is 0 Å². The first-order valence-corrected chi connectivity index (χ1v) is 11.8. The third-order valence-corrected chi connectivity index (χ3v) is 7.35. The van der Waals surface area contributed by atoms with Crippen molar-refractivity contribution in [1.29, 1.82) is 0 Å². The molecule has 0 bridgehead atoms. The van der Waals surface area contributed by atoms with Gasteiger partial charge in [0.05, 0.1) is 36.5 Å². The summed E-state index contributed by atoms with van der Waals surface area (Å²) in [6.07, 6.45) is 1.59. The molecule has 9 heteroatoms. The van der Waals surface area contributed by atoms with Gasteiger partial charge in [0.15, 0.2) is 11.5 Å². The molecule has 34 heavy (non-hydrogen) atoms. The number of amides is 1. The molecule has 2 saturated heterocycles. The second-order valence-electron chi connectivity index (χ2n) is 8.88. The van der Waals surface area contributed by atoms with Gasteiger partial charge in [-0.2, -0.15) is 0 Å². The minimum absolute atomic E-state index is 0.00381. The van der Waals surface area contributed by atoms with Gasteiger partial charge in [0.25, 0.3) is 0 Å². The number of carbonyl (C=O) groups excluding carboxylic acids is 1. The Kier molecular flexibility index (Phi) is 5.79. The maximum absolute atomic E-state index is 13.6. The van der Waals surface area contributed by atoms with Crippen molar-refractivity contribution < 1.29 is 24.2 Å². The number of nitrogens with one attached hydrogen (secondary N) is 2. The maximum Gasteiger partial charge on any atom is 0.242 e. The molecule has 0 spiro atoms. The van der Waals surface area contributed by atoms with Crippen molar-refractivity contribution >= 4 is 21.8 Å². The third kappa shape index (κ3) is 3.64. The van der Waals surface area contributed by atoms with E-state index in [0.717, 1.165) is 22.3 Å². The molecule has 3 heterocycles. The van der Waals surface area contributed by atoms with Crippen LogP contribution in [0.4, 0.5) is 0 Å². The number of ether oxygens (including phenoxy) is 1. The molecule has 0 saturated carbocycles. The Hall–Kier alpha value is -3.01. The Morgan fingerprint density at radius 1 is 1.12 bits per heavy atom. The molecule has 0 aliphatic carbocycles. The zero-order chi connectivity index (χ0) is 24.1. The van der Waals surface area contributed by atoms with Crippen LogP contribution in [0.25, 0.3) is 0 Å². The number of halogens is 1. The van der Waals surface area contributed by atoms with Crippen LogP contribution in [0.15, 0.2) is 51.6 Å². The lowest BCUT2D eigenvalue weighted by Crippen LogP contribution is -2.41. The fourth-order valence-electron chi connectivity index (χ4n) is 5.26. The van der Waals surface area contributed by atoms with Crippen molar-refractivity contribution in [3.63, 3.8) is 0 Å². The Labute approximate surface area is 205 Å². The van der Waals surface area contributed by atoms with Gasteiger partial charge in [-0.3, -0.25) is 4.79 Å². The molecule has 5 rings (SSSR count). The van der Waals surface area contributed by atoms with Crippen molar-refractivity contribution in [1.82, 2.24) is 15.8 Å². The van der Waals surface area contributed by atoms with Gasteiger partial charge in [0.1, 0.15) is 17.6 Å². The molecular weight excluding hydrogens is 502 g/mol. The predicted molar refractivity (Wildman–Crippen MR) is 128 cm³/mol. The Balaban J connectivity index is 1.65. The fourth-order valence-corrected chi connectivity index (χ4v) is 5.72. The summed E-state index contributed by atoms with van der Waals surface area (Å²) in [5.74, 6) is 0.857. The average molecular weight is 528 g/mol. The van der Waals surface area contributed by atoms with Crippen molar-refractivity contribution in [2.24, 2.45) is 5.92 Å². The van der Waals surface area contributed by atoms with Crippen LogP contribution in [0, 0.1) is 19.8 Å². The summed E-state index contributed by atoms with van der Waals surface area (Å²) >= 11 is 3.42. The zero-order valence-corrected chi connectivity index (χ0v) is 20.6. The van der Waals surface area contributed by atoms with Crippen LogP contribution >= 0.6 is 15.9 Å². The molecule has 1 amide bonds. The number of phenols is 2. The van der Waals surface area contributed by atoms with Crippen molar-refractivity contribution in [2.75, 3.05) is 7.11 Å². The number of nitrogens with zero attached hydrogens (tertiary/aromatic N) is 1. The van der Waals surface area contributed by atoms with Crippen LogP contribution in [-0.2, 0) is 11.3 Å². The molecule has 4 unspecified atom stereocenters. The van der Waals surface area contributed by atoms with Gasteiger partial charge in [-0.25, -0.2) is 10.9 Å². The summed E-state index contributed by atoms with van der Waals surface area (Å²) in [5, 5.41) is 21.3. The van der Waals surface area contributed by atoms with Crippen molar-refractivity contribution in [2.45, 2.75) is 38.5 Å². The molecule has 4 atom stereocenters. The van der Waals surface area contributed by atoms with E-state index in [9.17, 15) is 15.0 Å². The first-order chi connectivity index (χ1) is 16.3. The highest BCUT2D eigenvalue weighted by molar-refractivity contribution is 9.10. The lowest BCUT2D eigenvalue weighted by atomic mass is 9.82. The smallest absolute Gasteiger partial charge is 0.242 e. The summed E-state index contributed by atoms with van der Waals surface area (Å²) in [5.41, 5.74) is 9.77. The lowest BCUT2D eigenvalue weighted by Gasteiger charge is -2.31. The first-order valence-electron chi connectivity index (χ1n) is 11.0. The number of furan rings is 1. The highest BCUT2D eigenvalue weighted by atomic mass is 79.9. The largest absolute Gasteiger partial charge is 0.507 e. The van der Waals surface area contributed by atoms with E-state index in [1.54, 1.807) is 23.3 Å². The monoisotopic (exact) mass is 527 g/mol. The van der Waals surface area contributed by atoms with Gasteiger partial charge in [0, 0.05) is 11.5 Å². The molecule has 4 N–H and O–H groups in total. The second-order valence-corrected chi connectivity index (χ2v) is 9.74. The average Bonchev–Trinajstić information content (AvgIpc) is 3.52. The van der Waals surface area contributed by atoms with Crippen LogP contribution in [0.3, 0.4) is 0 Å². The molecule has 0 radical (unpaired) electrons. The van der Waals surface area contributed by atoms with E-state index in [1.165, 1.54) is 7.11 Å². The van der Waals surface area contributed by atoms with Crippen LogP contribution in [0.2, 0.25) is 0 Å². The van der Waals surface area contributed by atoms with Gasteiger partial charge < -0.3 is 24.3 Å². The number of hydrogen-bond acceptors (Lipinski definition) is 7. The van der Waals surface area contributed by atoms with E-state index in [0.29, 0.717) is 16.0 Å². The quantitative estimate of drug-likeness (QED) is 0.397. The minimum atomic E-state index is -0.510. The van der Waals surface area contributed by atoms with E-state index in [-0.39, 0.29) is 42.0 Å². The van der Waals surface area contributed by atoms with Crippen molar-refractivity contribution in [3.05, 3.63) is 75.1 Å². The summed E-state index contributed by atoms with van der Waals surface area (Å²) < 4.78 is 11.4. The number of benzene rings is 2. The number of aromatic hydroxyl groups is 2. The standard InChI is InChI=1S/C25H26BrN3O5/c1-12-7-13(2)23(30)16(8-12)20-19-21(28-27-20)25(32)29(11-15-5-4-6-34-15)22(19)14-9-17(26)24(31)18(10-14)33-3/h4-10,19-22,27-28,30-31H,11H2,1-3H3. The summed E-state index contributed by atoms with van der Waals surface area (Å²) in [4.78, 5) is 15.4. The Bertz CT molecular complexity index is 1250. The van der Waals surface area contributed by atoms with Gasteiger partial charge in [-0.15, -0.1) is 0 Å². The number of rotatable bonds is 5. The highest BCUT2D eigenvalue weighted by Gasteiger charge is 2.56. The molecule has 2 fully saturated rings. The second kappa shape index (κ2) is 8.65. The number of carbonyl (C=O) groups is 1. The van der Waals surface area contributed by atoms with E-state index in [1.807, 2.05) is 38.1 Å². The van der Waals surface area contributed by atoms with Gasteiger partial charge >= 0.3 is 0 Å². The maximum atomic E-state index is 13.6. The molecular formula is C25H26BrN3O5. The summed E-state index contributed by atoms with van der Waals surface area (Å²) in [7, 11) is 1.49. The number of methoxy groups -OCH3 is 1. The lowest BCUT2D eigenvalue weighted by molar-refractivity contribution is -0.131. The SMILES string of the molecule is COc1cc(C2C3C(NNC3c3cc(C)cc(C)c3O)C(=O)N2Cc2ccco2)cc(Br)c1O. The number of likely N-dealkylation sites (tertiary alicyclic amines) is 1. The van der Waals surface area contributed by atoms with Crippen LogP contribution in [0.5, 0.6) is 17.2 Å². The topological polar surface area (TPSA) is 107 Å². The number of aryl methyl sites for hydroxylation is 2. The number of fused-ring (bicyclic) bond motifs is 1. The van der Waals surface area contributed by atoms with E-state index in [2.05, 4.69) is 26.8 Å². The number of hydrogen-bond donors (Lipinski definition) is 4. The van der Waals surface area contributed by atoms with Crippen molar-refractivity contribution in [3.8, 4) is 17.2 Å². The molecule has 2 aromatic carbocycles. The molecule has 1 aromatic heterocycles. The van der Waals surface area contributed by atoms with Gasteiger partial charge in [0.2, 0.25) is 5.91 Å². The highest BCUT2D eigenvalue weighted by Crippen LogP contribution is 2.51. The Morgan fingerprint density at radius 2 is 1.88 bits per heavy atom.